The molecule has 0 heterocycles. The van der Waals surface area contributed by atoms with Gasteiger partial charge in [-0.15, -0.1) is 0 Å². The van der Waals surface area contributed by atoms with E-state index in [9.17, 15) is 10.2 Å². The van der Waals surface area contributed by atoms with E-state index in [1.807, 2.05) is 0 Å². The highest BCUT2D eigenvalue weighted by Crippen LogP contribution is 2.30. The van der Waals surface area contributed by atoms with Gasteiger partial charge < -0.3 is 27.0 Å². The summed E-state index contributed by atoms with van der Waals surface area (Å²) in [6.45, 7) is 0. The van der Waals surface area contributed by atoms with Crippen LogP contribution in [-0.4, -0.2) is 10.2 Å². The van der Waals surface area contributed by atoms with Gasteiger partial charge in [0.1, 0.15) is 11.5 Å². The summed E-state index contributed by atoms with van der Waals surface area (Å²) >= 11 is 0. The molecule has 2 aromatic rings. The van der Waals surface area contributed by atoms with Crippen molar-refractivity contribution in [2.24, 2.45) is 0 Å². The van der Waals surface area contributed by atoms with E-state index in [-0.39, 0.29) is 11.5 Å². The Hall–Kier alpha value is -2.56. The number of phenolic OH excluding ortho intramolecular Hbond substituents is 2. The fourth-order valence-corrected chi connectivity index (χ4v) is 1.47. The molecule has 0 radical (unpaired) electrons. The Morgan fingerprint density at radius 2 is 1.18 bits per heavy atom. The van der Waals surface area contributed by atoms with Crippen molar-refractivity contribution >= 4 is 22.7 Å². The van der Waals surface area contributed by atoms with Gasteiger partial charge in [0.2, 0.25) is 0 Å². The second-order valence-corrected chi connectivity index (χ2v) is 3.67. The van der Waals surface area contributed by atoms with Crippen LogP contribution in [-0.2, 0) is 0 Å². The van der Waals surface area contributed by atoms with Crippen LogP contribution in [0, 0.1) is 0 Å². The average molecular weight is 231 g/mol. The molecule has 0 unspecified atom stereocenters. The zero-order valence-corrected chi connectivity index (χ0v) is 9.01. The number of nitrogen functional groups attached to an aromatic ring is 2. The predicted octanol–water partition coefficient (Wildman–Crippen LogP) is 2.01. The monoisotopic (exact) mass is 231 g/mol. The molecule has 5 nitrogen and oxygen atoms in total. The molecule has 0 fully saturated rings. The van der Waals surface area contributed by atoms with Crippen molar-refractivity contribution in [3.8, 4) is 11.5 Å². The van der Waals surface area contributed by atoms with Crippen molar-refractivity contribution in [3.63, 3.8) is 0 Å². The summed E-state index contributed by atoms with van der Waals surface area (Å²) < 4.78 is 0. The van der Waals surface area contributed by atoms with Crippen LogP contribution >= 0.6 is 0 Å². The molecule has 17 heavy (non-hydrogen) atoms. The van der Waals surface area contributed by atoms with Crippen molar-refractivity contribution in [2.75, 3.05) is 16.8 Å². The Labute approximate surface area is 98.3 Å². The van der Waals surface area contributed by atoms with Crippen LogP contribution in [0.15, 0.2) is 36.4 Å². The summed E-state index contributed by atoms with van der Waals surface area (Å²) in [5, 5.41) is 21.5. The molecule has 7 N–H and O–H groups in total. The number of rotatable bonds is 2. The van der Waals surface area contributed by atoms with Gasteiger partial charge >= 0.3 is 0 Å². The first-order valence-corrected chi connectivity index (χ1v) is 5.00. The first-order valence-electron chi connectivity index (χ1n) is 5.00. The van der Waals surface area contributed by atoms with Crippen molar-refractivity contribution in [2.45, 2.75) is 0 Å². The third-order valence-corrected chi connectivity index (χ3v) is 2.34. The second-order valence-electron chi connectivity index (χ2n) is 3.67. The quantitative estimate of drug-likeness (QED) is 0.401. The maximum Gasteiger partial charge on any atom is 0.117 e. The molecule has 0 aliphatic rings. The lowest BCUT2D eigenvalue weighted by atomic mass is 10.2. The first-order chi connectivity index (χ1) is 8.06. The highest BCUT2D eigenvalue weighted by atomic mass is 16.3. The van der Waals surface area contributed by atoms with Gasteiger partial charge in [-0.05, 0) is 24.3 Å². The van der Waals surface area contributed by atoms with Crippen LogP contribution in [0.25, 0.3) is 0 Å². The minimum absolute atomic E-state index is 0.103. The molecule has 0 bridgehead atoms. The molecular formula is C12H13N3O2. The van der Waals surface area contributed by atoms with Gasteiger partial charge in [-0.1, -0.05) is 0 Å². The van der Waals surface area contributed by atoms with E-state index < -0.39 is 0 Å². The van der Waals surface area contributed by atoms with Gasteiger partial charge in [-0.2, -0.15) is 0 Å². The summed E-state index contributed by atoms with van der Waals surface area (Å²) in [6, 6.07) is 9.23. The van der Waals surface area contributed by atoms with Crippen LogP contribution in [0.4, 0.5) is 22.7 Å². The zero-order valence-electron chi connectivity index (χ0n) is 9.01. The molecule has 0 spiro atoms. The highest BCUT2D eigenvalue weighted by Gasteiger charge is 2.04. The Morgan fingerprint density at radius 1 is 0.765 bits per heavy atom. The van der Waals surface area contributed by atoms with Crippen LogP contribution in [0.3, 0.4) is 0 Å². The van der Waals surface area contributed by atoms with E-state index in [0.29, 0.717) is 22.7 Å². The number of hydrogen-bond donors (Lipinski definition) is 5. The molecule has 0 aromatic heterocycles. The minimum atomic E-state index is 0.103. The standard InChI is InChI=1S/C12H13N3O2/c13-9-5-7(16)1-3-11(9)15-12-4-2-8(17)6-10(12)14/h1-6,15-17H,13-14H2. The maximum absolute atomic E-state index is 9.23. The summed E-state index contributed by atoms with van der Waals surface area (Å²) in [5.41, 5.74) is 13.6. The second kappa shape index (κ2) is 4.13. The normalized spacial score (nSPS) is 10.1. The molecule has 0 amide bonds. The lowest BCUT2D eigenvalue weighted by Gasteiger charge is -2.11. The van der Waals surface area contributed by atoms with Gasteiger partial charge in [0.05, 0.1) is 22.7 Å². The zero-order chi connectivity index (χ0) is 12.4. The lowest BCUT2D eigenvalue weighted by molar-refractivity contribution is 0.475. The highest BCUT2D eigenvalue weighted by molar-refractivity contribution is 5.79. The number of phenols is 2. The van der Waals surface area contributed by atoms with E-state index in [2.05, 4.69) is 5.32 Å². The maximum atomic E-state index is 9.23. The third kappa shape index (κ3) is 2.34. The smallest absolute Gasteiger partial charge is 0.117 e. The minimum Gasteiger partial charge on any atom is -0.508 e. The molecule has 0 atom stereocenters. The SMILES string of the molecule is Nc1cc(O)ccc1Nc1ccc(O)cc1N. The molecule has 88 valence electrons. The van der Waals surface area contributed by atoms with E-state index in [1.165, 1.54) is 24.3 Å². The number of anilines is 4. The molecular weight excluding hydrogens is 218 g/mol. The van der Waals surface area contributed by atoms with Crippen molar-refractivity contribution in [3.05, 3.63) is 36.4 Å². The largest absolute Gasteiger partial charge is 0.508 e. The van der Waals surface area contributed by atoms with E-state index in [0.717, 1.165) is 0 Å². The van der Waals surface area contributed by atoms with Crippen molar-refractivity contribution in [1.82, 2.24) is 0 Å². The van der Waals surface area contributed by atoms with Gasteiger partial charge in [0, 0.05) is 12.1 Å². The lowest BCUT2D eigenvalue weighted by Crippen LogP contribution is -1.99. The molecule has 0 aliphatic carbocycles. The summed E-state index contributed by atoms with van der Waals surface area (Å²) in [7, 11) is 0. The van der Waals surface area contributed by atoms with Gasteiger partial charge in [-0.25, -0.2) is 0 Å². The molecule has 0 saturated carbocycles. The fourth-order valence-electron chi connectivity index (χ4n) is 1.47. The van der Waals surface area contributed by atoms with Gasteiger partial charge in [0.25, 0.3) is 0 Å². The first kappa shape index (κ1) is 10.9. The number of nitrogens with one attached hydrogen (secondary N) is 1. The number of aromatic hydroxyl groups is 2. The van der Waals surface area contributed by atoms with E-state index >= 15 is 0 Å². The summed E-state index contributed by atoms with van der Waals surface area (Å²) in [6.07, 6.45) is 0. The van der Waals surface area contributed by atoms with Gasteiger partial charge in [0.15, 0.2) is 0 Å². The summed E-state index contributed by atoms with van der Waals surface area (Å²) in [5.74, 6) is 0.207. The molecule has 0 saturated heterocycles. The number of hydrogen-bond acceptors (Lipinski definition) is 5. The van der Waals surface area contributed by atoms with Crippen LogP contribution < -0.4 is 16.8 Å². The third-order valence-electron chi connectivity index (χ3n) is 2.34. The topological polar surface area (TPSA) is 105 Å². The molecule has 2 rings (SSSR count). The fraction of sp³-hybridized carbons (Fsp3) is 0. The predicted molar refractivity (Wildman–Crippen MR) is 68.3 cm³/mol. The van der Waals surface area contributed by atoms with E-state index in [1.54, 1.807) is 12.1 Å². The van der Waals surface area contributed by atoms with E-state index in [4.69, 9.17) is 11.5 Å². The Balaban J connectivity index is 2.31. The molecule has 5 heteroatoms. The molecule has 2 aromatic carbocycles. The van der Waals surface area contributed by atoms with Crippen LogP contribution in [0.1, 0.15) is 0 Å². The Kier molecular flexibility index (Phi) is 2.66. The van der Waals surface area contributed by atoms with Crippen LogP contribution in [0.2, 0.25) is 0 Å². The average Bonchev–Trinajstić information content (AvgIpc) is 2.25. The van der Waals surface area contributed by atoms with Crippen LogP contribution in [0.5, 0.6) is 11.5 Å². The van der Waals surface area contributed by atoms with Crippen molar-refractivity contribution in [1.29, 1.82) is 0 Å². The summed E-state index contributed by atoms with van der Waals surface area (Å²) in [4.78, 5) is 0. The number of benzene rings is 2. The Morgan fingerprint density at radius 3 is 1.53 bits per heavy atom. The number of nitrogens with two attached hydrogens (primary N) is 2. The van der Waals surface area contributed by atoms with Crippen molar-refractivity contribution < 1.29 is 10.2 Å². The molecule has 0 aliphatic heterocycles. The Bertz CT molecular complexity index is 506. The van der Waals surface area contributed by atoms with Gasteiger partial charge in [-0.3, -0.25) is 0 Å².